The van der Waals surface area contributed by atoms with Gasteiger partial charge in [-0.15, -0.1) is 0 Å². The molecule has 2 aliphatic rings. The quantitative estimate of drug-likeness (QED) is 0.800. The molecule has 0 saturated carbocycles. The SMILES string of the molecule is CCc1cc2c(c(CC)c1CC)CC[C@@H]2N1C(=O)C=CC1=O. The zero-order chi connectivity index (χ0) is 15.9. The van der Waals surface area contributed by atoms with E-state index >= 15 is 0 Å². The van der Waals surface area contributed by atoms with Gasteiger partial charge in [-0.25, -0.2) is 0 Å². The summed E-state index contributed by atoms with van der Waals surface area (Å²) in [4.78, 5) is 25.5. The zero-order valence-corrected chi connectivity index (χ0v) is 13.6. The van der Waals surface area contributed by atoms with E-state index in [1.165, 1.54) is 44.9 Å². The minimum Gasteiger partial charge on any atom is -0.269 e. The maximum absolute atomic E-state index is 12.0. The molecule has 3 nitrogen and oxygen atoms in total. The largest absolute Gasteiger partial charge is 0.269 e. The van der Waals surface area contributed by atoms with Crippen LogP contribution in [0.4, 0.5) is 0 Å². The van der Waals surface area contributed by atoms with Gasteiger partial charge in [0.15, 0.2) is 0 Å². The summed E-state index contributed by atoms with van der Waals surface area (Å²) < 4.78 is 0. The molecular formula is C19H23NO2. The minimum absolute atomic E-state index is 0.0773. The van der Waals surface area contributed by atoms with Gasteiger partial charge in [0.05, 0.1) is 6.04 Å². The summed E-state index contributed by atoms with van der Waals surface area (Å²) in [6.45, 7) is 6.59. The highest BCUT2D eigenvalue weighted by Crippen LogP contribution is 2.41. The average Bonchev–Trinajstić information content (AvgIpc) is 3.08. The minimum atomic E-state index is -0.168. The molecule has 3 heteroatoms. The maximum Gasteiger partial charge on any atom is 0.254 e. The summed E-state index contributed by atoms with van der Waals surface area (Å²) in [5, 5.41) is 0. The Kier molecular flexibility index (Phi) is 3.90. The molecule has 1 heterocycles. The summed E-state index contributed by atoms with van der Waals surface area (Å²) in [5.41, 5.74) is 6.88. The van der Waals surface area contributed by atoms with Gasteiger partial charge in [-0.2, -0.15) is 0 Å². The Hall–Kier alpha value is -1.90. The van der Waals surface area contributed by atoms with E-state index in [9.17, 15) is 9.59 Å². The first-order chi connectivity index (χ1) is 10.6. The molecule has 0 radical (unpaired) electrons. The number of imide groups is 1. The number of benzene rings is 1. The second kappa shape index (κ2) is 5.71. The van der Waals surface area contributed by atoms with Gasteiger partial charge < -0.3 is 0 Å². The molecule has 1 aliphatic carbocycles. The molecule has 2 amide bonds. The van der Waals surface area contributed by atoms with E-state index in [4.69, 9.17) is 0 Å². The molecule has 1 aromatic carbocycles. The first kappa shape index (κ1) is 15.0. The summed E-state index contributed by atoms with van der Waals surface area (Å²) in [7, 11) is 0. The average molecular weight is 297 g/mol. The number of rotatable bonds is 4. The number of carbonyl (C=O) groups is 2. The van der Waals surface area contributed by atoms with Crippen molar-refractivity contribution in [2.24, 2.45) is 0 Å². The van der Waals surface area contributed by atoms with Crippen molar-refractivity contribution in [1.29, 1.82) is 0 Å². The number of aryl methyl sites for hydroxylation is 1. The molecule has 0 bridgehead atoms. The van der Waals surface area contributed by atoms with Crippen LogP contribution in [0.3, 0.4) is 0 Å². The van der Waals surface area contributed by atoms with E-state index in [-0.39, 0.29) is 17.9 Å². The van der Waals surface area contributed by atoms with E-state index in [2.05, 4.69) is 26.8 Å². The lowest BCUT2D eigenvalue weighted by Crippen LogP contribution is -2.33. The number of carbonyl (C=O) groups excluding carboxylic acids is 2. The monoisotopic (exact) mass is 297 g/mol. The molecule has 0 fully saturated rings. The van der Waals surface area contributed by atoms with Crippen molar-refractivity contribution in [2.75, 3.05) is 0 Å². The van der Waals surface area contributed by atoms with Crippen molar-refractivity contribution < 1.29 is 9.59 Å². The van der Waals surface area contributed by atoms with Crippen molar-refractivity contribution in [2.45, 2.75) is 58.9 Å². The van der Waals surface area contributed by atoms with Gasteiger partial charge in [0.2, 0.25) is 0 Å². The lowest BCUT2D eigenvalue weighted by Gasteiger charge is -2.25. The molecule has 0 unspecified atom stereocenters. The Labute approximate surface area is 132 Å². The van der Waals surface area contributed by atoms with Crippen LogP contribution in [-0.4, -0.2) is 16.7 Å². The highest BCUT2D eigenvalue weighted by Gasteiger charge is 2.37. The van der Waals surface area contributed by atoms with Crippen LogP contribution in [-0.2, 0) is 35.3 Å². The van der Waals surface area contributed by atoms with Gasteiger partial charge in [0, 0.05) is 12.2 Å². The molecular weight excluding hydrogens is 274 g/mol. The van der Waals surface area contributed by atoms with Crippen molar-refractivity contribution >= 4 is 11.8 Å². The van der Waals surface area contributed by atoms with E-state index in [0.717, 1.165) is 32.1 Å². The lowest BCUT2D eigenvalue weighted by molar-refractivity contribution is -0.139. The molecule has 0 saturated heterocycles. The standard InChI is InChI=1S/C19H23NO2/c1-4-12-11-16-15(14(6-3)13(12)5-2)7-8-17(16)20-18(21)9-10-19(20)22/h9-11,17H,4-8H2,1-3H3/t17-/m0/s1. The Morgan fingerprint density at radius 3 is 2.18 bits per heavy atom. The first-order valence-electron chi connectivity index (χ1n) is 8.33. The fourth-order valence-corrected chi connectivity index (χ4v) is 4.11. The number of hydrogen-bond acceptors (Lipinski definition) is 2. The lowest BCUT2D eigenvalue weighted by atomic mass is 9.88. The smallest absolute Gasteiger partial charge is 0.254 e. The summed E-state index contributed by atoms with van der Waals surface area (Å²) in [6.07, 6.45) is 7.68. The number of amides is 2. The van der Waals surface area contributed by atoms with Crippen LogP contribution in [0.5, 0.6) is 0 Å². The van der Waals surface area contributed by atoms with Crippen molar-refractivity contribution in [3.05, 3.63) is 46.0 Å². The van der Waals surface area contributed by atoms with E-state index in [1.54, 1.807) is 0 Å². The topological polar surface area (TPSA) is 37.4 Å². The molecule has 3 rings (SSSR count). The van der Waals surface area contributed by atoms with Crippen LogP contribution in [0, 0.1) is 0 Å². The second-order valence-electron chi connectivity index (χ2n) is 6.06. The fraction of sp³-hybridized carbons (Fsp3) is 0.474. The van der Waals surface area contributed by atoms with Crippen molar-refractivity contribution in [3.63, 3.8) is 0 Å². The Morgan fingerprint density at radius 2 is 1.64 bits per heavy atom. The summed E-state index contributed by atoms with van der Waals surface area (Å²) in [6, 6.07) is 2.18. The molecule has 0 aromatic heterocycles. The number of hydrogen-bond donors (Lipinski definition) is 0. The molecule has 1 aliphatic heterocycles. The van der Waals surface area contributed by atoms with Crippen molar-refractivity contribution in [3.8, 4) is 0 Å². The van der Waals surface area contributed by atoms with Gasteiger partial charge in [0.1, 0.15) is 0 Å². The van der Waals surface area contributed by atoms with Crippen LogP contribution in [0.1, 0.15) is 61.1 Å². The van der Waals surface area contributed by atoms with Crippen LogP contribution in [0.15, 0.2) is 18.2 Å². The first-order valence-corrected chi connectivity index (χ1v) is 8.33. The normalized spacial score (nSPS) is 20.1. The molecule has 0 spiro atoms. The van der Waals surface area contributed by atoms with E-state index < -0.39 is 0 Å². The van der Waals surface area contributed by atoms with Crippen LogP contribution in [0.25, 0.3) is 0 Å². The summed E-state index contributed by atoms with van der Waals surface area (Å²) in [5.74, 6) is -0.336. The van der Waals surface area contributed by atoms with Gasteiger partial charge in [-0.05, 0) is 59.9 Å². The summed E-state index contributed by atoms with van der Waals surface area (Å²) >= 11 is 0. The van der Waals surface area contributed by atoms with Crippen LogP contribution < -0.4 is 0 Å². The highest BCUT2D eigenvalue weighted by molar-refractivity contribution is 6.13. The third-order valence-corrected chi connectivity index (χ3v) is 5.06. The van der Waals surface area contributed by atoms with Crippen molar-refractivity contribution in [1.82, 2.24) is 4.90 Å². The zero-order valence-electron chi connectivity index (χ0n) is 13.6. The Morgan fingerprint density at radius 1 is 1.00 bits per heavy atom. The molecule has 116 valence electrons. The van der Waals surface area contributed by atoms with Crippen LogP contribution in [0.2, 0.25) is 0 Å². The fourth-order valence-electron chi connectivity index (χ4n) is 4.11. The van der Waals surface area contributed by atoms with Gasteiger partial charge in [-0.1, -0.05) is 26.8 Å². The molecule has 22 heavy (non-hydrogen) atoms. The Bertz CT molecular complexity index is 655. The van der Waals surface area contributed by atoms with Gasteiger partial charge in [-0.3, -0.25) is 14.5 Å². The Balaban J connectivity index is 2.11. The second-order valence-corrected chi connectivity index (χ2v) is 6.06. The predicted molar refractivity (Wildman–Crippen MR) is 86.6 cm³/mol. The molecule has 1 atom stereocenters. The third kappa shape index (κ3) is 2.11. The molecule has 1 aromatic rings. The predicted octanol–water partition coefficient (Wildman–Crippen LogP) is 3.29. The van der Waals surface area contributed by atoms with Gasteiger partial charge in [0.25, 0.3) is 11.8 Å². The number of nitrogens with zero attached hydrogens (tertiary/aromatic N) is 1. The van der Waals surface area contributed by atoms with Gasteiger partial charge >= 0.3 is 0 Å². The van der Waals surface area contributed by atoms with E-state index in [0.29, 0.717) is 0 Å². The highest BCUT2D eigenvalue weighted by atomic mass is 16.2. The molecule has 0 N–H and O–H groups in total. The third-order valence-electron chi connectivity index (χ3n) is 5.06. The number of fused-ring (bicyclic) bond motifs is 1. The van der Waals surface area contributed by atoms with Crippen LogP contribution >= 0.6 is 0 Å². The maximum atomic E-state index is 12.0. The van der Waals surface area contributed by atoms with E-state index in [1.807, 2.05) is 0 Å².